The van der Waals surface area contributed by atoms with E-state index in [9.17, 15) is 9.90 Å². The number of halogens is 1. The highest BCUT2D eigenvalue weighted by atomic mass is 79.9. The van der Waals surface area contributed by atoms with Gasteiger partial charge in [-0.2, -0.15) is 0 Å². The van der Waals surface area contributed by atoms with Gasteiger partial charge in [0.1, 0.15) is 0 Å². The Kier molecular flexibility index (Phi) is 5.43. The van der Waals surface area contributed by atoms with E-state index < -0.39 is 0 Å². The molecule has 0 spiro atoms. The number of rotatable bonds is 3. The van der Waals surface area contributed by atoms with Gasteiger partial charge < -0.3 is 15.3 Å². The average molecular weight is 341 g/mol. The summed E-state index contributed by atoms with van der Waals surface area (Å²) in [5.74, 6) is 0.218. The summed E-state index contributed by atoms with van der Waals surface area (Å²) in [6.07, 6.45) is 1.96. The van der Waals surface area contributed by atoms with Crippen LogP contribution >= 0.6 is 15.9 Å². The maximum absolute atomic E-state index is 12.2. The summed E-state index contributed by atoms with van der Waals surface area (Å²) < 4.78 is 1.01. The lowest BCUT2D eigenvalue weighted by molar-refractivity contribution is 0.128. The monoisotopic (exact) mass is 340 g/mol. The van der Waals surface area contributed by atoms with E-state index in [0.717, 1.165) is 29.4 Å². The van der Waals surface area contributed by atoms with E-state index in [1.54, 1.807) is 4.90 Å². The largest absolute Gasteiger partial charge is 0.396 e. The number of nitrogens with zero attached hydrogens (tertiary/aromatic N) is 1. The Morgan fingerprint density at radius 3 is 3.10 bits per heavy atom. The highest BCUT2D eigenvalue weighted by Crippen LogP contribution is 2.19. The third-order valence-corrected chi connectivity index (χ3v) is 4.25. The van der Waals surface area contributed by atoms with Crippen LogP contribution in [0, 0.1) is 5.92 Å². The molecule has 1 aliphatic rings. The predicted molar refractivity (Wildman–Crippen MR) is 82.5 cm³/mol. The molecule has 1 aliphatic heterocycles. The molecule has 4 nitrogen and oxygen atoms in total. The zero-order valence-corrected chi connectivity index (χ0v) is 13.3. The molecule has 1 aromatic rings. The fourth-order valence-electron chi connectivity index (χ4n) is 2.53. The van der Waals surface area contributed by atoms with Crippen molar-refractivity contribution in [3.05, 3.63) is 34.3 Å². The van der Waals surface area contributed by atoms with Gasteiger partial charge in [0.25, 0.3) is 0 Å². The van der Waals surface area contributed by atoms with E-state index in [1.165, 1.54) is 0 Å². The molecular formula is C15H21BrN2O2. The van der Waals surface area contributed by atoms with Crippen LogP contribution in [0.2, 0.25) is 0 Å². The summed E-state index contributed by atoms with van der Waals surface area (Å²) in [6, 6.07) is 7.87. The molecule has 0 bridgehead atoms. The maximum atomic E-state index is 12.2. The van der Waals surface area contributed by atoms with Crippen molar-refractivity contribution in [3.8, 4) is 0 Å². The van der Waals surface area contributed by atoms with Crippen LogP contribution < -0.4 is 5.32 Å². The lowest BCUT2D eigenvalue weighted by Gasteiger charge is -2.32. The van der Waals surface area contributed by atoms with Gasteiger partial charge in [-0.15, -0.1) is 0 Å². The van der Waals surface area contributed by atoms with Crippen LogP contribution in [-0.2, 0) is 0 Å². The molecular weight excluding hydrogens is 320 g/mol. The number of aliphatic hydroxyl groups excluding tert-OH is 1. The number of aliphatic hydroxyl groups is 1. The molecule has 1 heterocycles. The number of hydrogen-bond acceptors (Lipinski definition) is 2. The van der Waals surface area contributed by atoms with Gasteiger partial charge >= 0.3 is 6.03 Å². The summed E-state index contributed by atoms with van der Waals surface area (Å²) in [5.41, 5.74) is 1.07. The van der Waals surface area contributed by atoms with Crippen molar-refractivity contribution in [3.63, 3.8) is 0 Å². The maximum Gasteiger partial charge on any atom is 0.317 e. The highest BCUT2D eigenvalue weighted by molar-refractivity contribution is 9.10. The third-order valence-electron chi connectivity index (χ3n) is 3.75. The van der Waals surface area contributed by atoms with Crippen molar-refractivity contribution in [1.82, 2.24) is 10.2 Å². The summed E-state index contributed by atoms with van der Waals surface area (Å²) >= 11 is 3.44. The molecule has 1 saturated heterocycles. The van der Waals surface area contributed by atoms with Crippen LogP contribution in [0.3, 0.4) is 0 Å². The van der Waals surface area contributed by atoms with Crippen molar-refractivity contribution < 1.29 is 9.90 Å². The van der Waals surface area contributed by atoms with Gasteiger partial charge in [0, 0.05) is 24.2 Å². The molecule has 2 N–H and O–H groups in total. The van der Waals surface area contributed by atoms with Crippen LogP contribution in [0.4, 0.5) is 4.79 Å². The van der Waals surface area contributed by atoms with Crippen molar-refractivity contribution >= 4 is 22.0 Å². The highest BCUT2D eigenvalue weighted by Gasteiger charge is 2.24. The second-order valence-electron chi connectivity index (χ2n) is 5.36. The number of amides is 2. The minimum atomic E-state index is -0.0457. The Morgan fingerprint density at radius 2 is 2.40 bits per heavy atom. The van der Waals surface area contributed by atoms with E-state index in [2.05, 4.69) is 21.2 Å². The van der Waals surface area contributed by atoms with Crippen molar-refractivity contribution in [2.75, 3.05) is 19.7 Å². The molecule has 1 fully saturated rings. The molecule has 0 radical (unpaired) electrons. The minimum Gasteiger partial charge on any atom is -0.396 e. The van der Waals surface area contributed by atoms with E-state index in [0.29, 0.717) is 6.54 Å². The Balaban J connectivity index is 1.93. The Labute approximate surface area is 128 Å². The van der Waals surface area contributed by atoms with Crippen LogP contribution in [0.25, 0.3) is 0 Å². The van der Waals surface area contributed by atoms with Gasteiger partial charge in [0.15, 0.2) is 0 Å². The molecule has 110 valence electrons. The van der Waals surface area contributed by atoms with Gasteiger partial charge in [0.05, 0.1) is 6.04 Å². The second-order valence-corrected chi connectivity index (χ2v) is 6.28. The third kappa shape index (κ3) is 3.96. The Hall–Kier alpha value is -1.07. The fraction of sp³-hybridized carbons (Fsp3) is 0.533. The number of hydrogen-bond donors (Lipinski definition) is 2. The molecule has 2 rings (SSSR count). The van der Waals surface area contributed by atoms with Gasteiger partial charge in [-0.1, -0.05) is 28.1 Å². The minimum absolute atomic E-state index is 0.0329. The van der Waals surface area contributed by atoms with Crippen molar-refractivity contribution in [2.45, 2.75) is 25.8 Å². The first-order chi connectivity index (χ1) is 9.60. The van der Waals surface area contributed by atoms with Gasteiger partial charge in [0.2, 0.25) is 0 Å². The molecule has 0 aromatic heterocycles. The number of urea groups is 1. The first-order valence-electron chi connectivity index (χ1n) is 7.02. The zero-order chi connectivity index (χ0) is 14.5. The van der Waals surface area contributed by atoms with Crippen LogP contribution in [0.5, 0.6) is 0 Å². The summed E-state index contributed by atoms with van der Waals surface area (Å²) in [7, 11) is 0. The lowest BCUT2D eigenvalue weighted by Crippen LogP contribution is -2.46. The van der Waals surface area contributed by atoms with Crippen LogP contribution in [0.1, 0.15) is 31.4 Å². The standard InChI is InChI=1S/C15H21BrN2O2/c1-11(13-5-2-6-14(16)8-13)17-15(20)18-7-3-4-12(9-18)10-19/h2,5-6,8,11-12,19H,3-4,7,9-10H2,1H3,(H,17,20). The zero-order valence-electron chi connectivity index (χ0n) is 11.7. The Morgan fingerprint density at radius 1 is 1.60 bits per heavy atom. The lowest BCUT2D eigenvalue weighted by atomic mass is 9.99. The molecule has 0 saturated carbocycles. The number of carbonyl (C=O) groups is 1. The second kappa shape index (κ2) is 7.09. The summed E-state index contributed by atoms with van der Waals surface area (Å²) in [5, 5.41) is 12.2. The number of nitrogens with one attached hydrogen (secondary N) is 1. The normalized spacial score (nSPS) is 20.6. The molecule has 2 atom stereocenters. The number of benzene rings is 1. The fourth-order valence-corrected chi connectivity index (χ4v) is 2.95. The van der Waals surface area contributed by atoms with Crippen LogP contribution in [0.15, 0.2) is 28.7 Å². The van der Waals surface area contributed by atoms with E-state index in [4.69, 9.17) is 0 Å². The van der Waals surface area contributed by atoms with Gasteiger partial charge in [-0.25, -0.2) is 4.79 Å². The molecule has 20 heavy (non-hydrogen) atoms. The first kappa shape index (κ1) is 15.3. The SMILES string of the molecule is CC(NC(=O)N1CCCC(CO)C1)c1cccc(Br)c1. The quantitative estimate of drug-likeness (QED) is 0.888. The molecule has 2 amide bonds. The molecule has 5 heteroatoms. The van der Waals surface area contributed by atoms with E-state index in [-0.39, 0.29) is 24.6 Å². The number of carbonyl (C=O) groups excluding carboxylic acids is 1. The molecule has 1 aromatic carbocycles. The Bertz CT molecular complexity index is 467. The molecule has 0 aliphatic carbocycles. The smallest absolute Gasteiger partial charge is 0.317 e. The predicted octanol–water partition coefficient (Wildman–Crippen LogP) is 2.92. The first-order valence-corrected chi connectivity index (χ1v) is 7.81. The van der Waals surface area contributed by atoms with Gasteiger partial charge in [-0.05, 0) is 43.4 Å². The molecule has 2 unspecified atom stereocenters. The topological polar surface area (TPSA) is 52.6 Å². The summed E-state index contributed by atoms with van der Waals surface area (Å²) in [6.45, 7) is 3.55. The number of piperidine rings is 1. The van der Waals surface area contributed by atoms with Gasteiger partial charge in [-0.3, -0.25) is 0 Å². The van der Waals surface area contributed by atoms with E-state index in [1.807, 2.05) is 31.2 Å². The van der Waals surface area contributed by atoms with Crippen LogP contribution in [-0.4, -0.2) is 35.7 Å². The van der Waals surface area contributed by atoms with Crippen molar-refractivity contribution in [2.24, 2.45) is 5.92 Å². The average Bonchev–Trinajstić information content (AvgIpc) is 2.47. The number of likely N-dealkylation sites (tertiary alicyclic amines) is 1. The van der Waals surface area contributed by atoms with E-state index >= 15 is 0 Å². The summed E-state index contributed by atoms with van der Waals surface area (Å²) in [4.78, 5) is 14.1. The van der Waals surface area contributed by atoms with Crippen molar-refractivity contribution in [1.29, 1.82) is 0 Å².